The van der Waals surface area contributed by atoms with Crippen LogP contribution in [0.2, 0.25) is 0 Å². The maximum absolute atomic E-state index is 12.1. The van der Waals surface area contributed by atoms with Crippen molar-refractivity contribution in [1.29, 1.82) is 0 Å². The summed E-state index contributed by atoms with van der Waals surface area (Å²) in [6, 6.07) is 9.27. The molecule has 0 fully saturated rings. The van der Waals surface area contributed by atoms with Crippen molar-refractivity contribution in [2.24, 2.45) is 0 Å². The number of furan rings is 1. The van der Waals surface area contributed by atoms with Crippen LogP contribution in [0.15, 0.2) is 46.4 Å². The number of benzene rings is 1. The van der Waals surface area contributed by atoms with E-state index in [2.05, 4.69) is 10.3 Å². The second-order valence-corrected chi connectivity index (χ2v) is 6.11. The number of anilines is 1. The van der Waals surface area contributed by atoms with Crippen LogP contribution in [0.3, 0.4) is 0 Å². The number of nitrogens with one attached hydrogen (secondary N) is 1. The van der Waals surface area contributed by atoms with Gasteiger partial charge in [-0.1, -0.05) is 6.07 Å². The normalized spacial score (nSPS) is 10.5. The molecule has 0 atom stereocenters. The monoisotopic (exact) mass is 358 g/mol. The zero-order valence-corrected chi connectivity index (χ0v) is 14.8. The third-order valence-electron chi connectivity index (χ3n) is 3.61. The molecule has 0 unspecified atom stereocenters. The quantitative estimate of drug-likeness (QED) is 0.691. The van der Waals surface area contributed by atoms with Gasteiger partial charge in [0.2, 0.25) is 5.91 Å². The van der Waals surface area contributed by atoms with Gasteiger partial charge in [-0.3, -0.25) is 4.79 Å². The fourth-order valence-corrected chi connectivity index (χ4v) is 3.06. The van der Waals surface area contributed by atoms with E-state index >= 15 is 0 Å². The van der Waals surface area contributed by atoms with E-state index in [1.54, 1.807) is 26.5 Å². The molecule has 0 saturated carbocycles. The Morgan fingerprint density at radius 3 is 2.80 bits per heavy atom. The molecule has 25 heavy (non-hydrogen) atoms. The lowest BCUT2D eigenvalue weighted by atomic mass is 10.1. The van der Waals surface area contributed by atoms with E-state index in [1.807, 2.05) is 29.6 Å². The Morgan fingerprint density at radius 2 is 2.08 bits per heavy atom. The van der Waals surface area contributed by atoms with Crippen LogP contribution in [0, 0.1) is 0 Å². The first-order chi connectivity index (χ1) is 12.2. The highest BCUT2D eigenvalue weighted by Crippen LogP contribution is 2.28. The summed E-state index contributed by atoms with van der Waals surface area (Å²) in [5, 5.41) is 5.23. The van der Waals surface area contributed by atoms with Crippen LogP contribution in [0.4, 0.5) is 5.13 Å². The van der Waals surface area contributed by atoms with Gasteiger partial charge in [0.1, 0.15) is 5.69 Å². The summed E-state index contributed by atoms with van der Waals surface area (Å²) in [7, 11) is 3.18. The molecule has 0 aliphatic rings. The van der Waals surface area contributed by atoms with Crippen LogP contribution in [-0.2, 0) is 11.2 Å². The number of methoxy groups -OCH3 is 2. The summed E-state index contributed by atoms with van der Waals surface area (Å²) >= 11 is 1.37. The van der Waals surface area contributed by atoms with Crippen molar-refractivity contribution in [2.45, 2.75) is 12.8 Å². The van der Waals surface area contributed by atoms with Gasteiger partial charge in [-0.15, -0.1) is 11.3 Å². The molecular weight excluding hydrogens is 340 g/mol. The second kappa shape index (κ2) is 7.85. The SMILES string of the molecule is COc1ccc(CCC(=O)Nc2nc(-c3ccco3)cs2)cc1OC. The van der Waals surface area contributed by atoms with E-state index < -0.39 is 0 Å². The number of aryl methyl sites for hydroxylation is 1. The molecule has 6 nitrogen and oxygen atoms in total. The third-order valence-corrected chi connectivity index (χ3v) is 4.37. The zero-order valence-electron chi connectivity index (χ0n) is 13.9. The summed E-state index contributed by atoms with van der Waals surface area (Å²) in [4.78, 5) is 16.5. The highest BCUT2D eigenvalue weighted by molar-refractivity contribution is 7.14. The Kier molecular flexibility index (Phi) is 5.35. The lowest BCUT2D eigenvalue weighted by molar-refractivity contribution is -0.116. The van der Waals surface area contributed by atoms with E-state index in [9.17, 15) is 4.79 Å². The van der Waals surface area contributed by atoms with Gasteiger partial charge < -0.3 is 19.2 Å². The molecule has 1 amide bonds. The minimum absolute atomic E-state index is 0.0878. The maximum atomic E-state index is 12.1. The molecule has 0 aliphatic carbocycles. The zero-order chi connectivity index (χ0) is 17.6. The van der Waals surface area contributed by atoms with Crippen molar-refractivity contribution in [3.63, 3.8) is 0 Å². The molecule has 130 valence electrons. The first kappa shape index (κ1) is 17.0. The number of carbonyl (C=O) groups excluding carboxylic acids is 1. The first-order valence-corrected chi connectivity index (χ1v) is 8.57. The van der Waals surface area contributed by atoms with Crippen LogP contribution in [0.1, 0.15) is 12.0 Å². The van der Waals surface area contributed by atoms with E-state index in [0.717, 1.165) is 5.56 Å². The van der Waals surface area contributed by atoms with Crippen LogP contribution < -0.4 is 14.8 Å². The number of aromatic nitrogens is 1. The van der Waals surface area contributed by atoms with E-state index in [1.165, 1.54) is 11.3 Å². The average molecular weight is 358 g/mol. The van der Waals surface area contributed by atoms with Crippen molar-refractivity contribution in [1.82, 2.24) is 4.98 Å². The molecule has 2 aromatic heterocycles. The van der Waals surface area contributed by atoms with Gasteiger partial charge >= 0.3 is 0 Å². The molecule has 3 aromatic rings. The summed E-state index contributed by atoms with van der Waals surface area (Å²) in [5.41, 5.74) is 1.72. The van der Waals surface area contributed by atoms with Crippen molar-refractivity contribution in [3.8, 4) is 23.0 Å². The fourth-order valence-electron chi connectivity index (χ4n) is 2.34. The number of amides is 1. The van der Waals surface area contributed by atoms with Crippen molar-refractivity contribution >= 4 is 22.4 Å². The van der Waals surface area contributed by atoms with E-state index in [4.69, 9.17) is 13.9 Å². The Morgan fingerprint density at radius 1 is 1.24 bits per heavy atom. The van der Waals surface area contributed by atoms with Gasteiger partial charge in [-0.25, -0.2) is 4.98 Å². The summed E-state index contributed by atoms with van der Waals surface area (Å²) < 4.78 is 15.8. The number of hydrogen-bond donors (Lipinski definition) is 1. The second-order valence-electron chi connectivity index (χ2n) is 5.25. The molecule has 1 N–H and O–H groups in total. The van der Waals surface area contributed by atoms with Crippen LogP contribution in [-0.4, -0.2) is 25.1 Å². The highest BCUT2D eigenvalue weighted by atomic mass is 32.1. The maximum Gasteiger partial charge on any atom is 0.226 e. The Labute approximate surface area is 149 Å². The standard InChI is InChI=1S/C18H18N2O4S/c1-22-15-7-5-12(10-16(15)23-2)6-8-17(21)20-18-19-13(11-25-18)14-4-3-9-24-14/h3-5,7,9-11H,6,8H2,1-2H3,(H,19,20,21). The van der Waals surface area contributed by atoms with Crippen molar-refractivity contribution in [3.05, 3.63) is 47.5 Å². The molecule has 0 spiro atoms. The number of ether oxygens (including phenoxy) is 2. The topological polar surface area (TPSA) is 73.6 Å². The fraction of sp³-hybridized carbons (Fsp3) is 0.222. The van der Waals surface area contributed by atoms with Gasteiger partial charge in [0.25, 0.3) is 0 Å². The molecular formula is C18H18N2O4S. The van der Waals surface area contributed by atoms with Crippen molar-refractivity contribution in [2.75, 3.05) is 19.5 Å². The first-order valence-electron chi connectivity index (χ1n) is 7.69. The van der Waals surface area contributed by atoms with E-state index in [-0.39, 0.29) is 5.91 Å². The lowest BCUT2D eigenvalue weighted by Crippen LogP contribution is -2.12. The molecule has 0 aliphatic heterocycles. The van der Waals surface area contributed by atoms with Gasteiger partial charge in [-0.2, -0.15) is 0 Å². The minimum atomic E-state index is -0.0878. The average Bonchev–Trinajstić information content (AvgIpc) is 3.31. The van der Waals surface area contributed by atoms with Crippen LogP contribution >= 0.6 is 11.3 Å². The number of carbonyl (C=O) groups is 1. The molecule has 3 rings (SSSR count). The third kappa shape index (κ3) is 4.19. The van der Waals surface area contributed by atoms with Gasteiger partial charge in [-0.05, 0) is 36.2 Å². The van der Waals surface area contributed by atoms with E-state index in [0.29, 0.717) is 40.9 Å². The predicted molar refractivity (Wildman–Crippen MR) is 96.3 cm³/mol. The van der Waals surface area contributed by atoms with Crippen molar-refractivity contribution < 1.29 is 18.7 Å². The smallest absolute Gasteiger partial charge is 0.226 e. The number of rotatable bonds is 7. The van der Waals surface area contributed by atoms with Crippen LogP contribution in [0.5, 0.6) is 11.5 Å². The predicted octanol–water partition coefficient (Wildman–Crippen LogP) is 3.99. The molecule has 2 heterocycles. The van der Waals surface area contributed by atoms with Gasteiger partial charge in [0.05, 0.1) is 20.5 Å². The summed E-state index contributed by atoms with van der Waals surface area (Å²) in [6.07, 6.45) is 2.55. The van der Waals surface area contributed by atoms with Gasteiger partial charge in [0, 0.05) is 11.8 Å². The number of nitrogens with zero attached hydrogens (tertiary/aromatic N) is 1. The Balaban J connectivity index is 1.56. The summed E-state index contributed by atoms with van der Waals surface area (Å²) in [5.74, 6) is 1.92. The number of thiazole rings is 1. The highest BCUT2D eigenvalue weighted by Gasteiger charge is 2.11. The largest absolute Gasteiger partial charge is 0.493 e. The molecule has 0 bridgehead atoms. The minimum Gasteiger partial charge on any atom is -0.493 e. The Hall–Kier alpha value is -2.80. The number of hydrogen-bond acceptors (Lipinski definition) is 6. The van der Waals surface area contributed by atoms with Gasteiger partial charge in [0.15, 0.2) is 22.4 Å². The molecule has 0 saturated heterocycles. The Bertz CT molecular complexity index is 843. The molecule has 0 radical (unpaired) electrons. The molecule has 7 heteroatoms. The summed E-state index contributed by atoms with van der Waals surface area (Å²) in [6.45, 7) is 0. The van der Waals surface area contributed by atoms with Crippen LogP contribution in [0.25, 0.3) is 11.5 Å². The lowest BCUT2D eigenvalue weighted by Gasteiger charge is -2.09. The molecule has 1 aromatic carbocycles.